The Morgan fingerprint density at radius 2 is 1.93 bits per heavy atom. The van der Waals surface area contributed by atoms with Crippen molar-refractivity contribution in [3.05, 3.63) is 0 Å². The monoisotopic (exact) mass is 222 g/mol. The minimum absolute atomic E-state index is 0.0355. The molecule has 0 aromatic carbocycles. The third-order valence-electron chi connectivity index (χ3n) is 1.94. The quantitative estimate of drug-likeness (QED) is 0.738. The van der Waals surface area contributed by atoms with Crippen LogP contribution in [-0.2, 0) is 4.79 Å². The lowest BCUT2D eigenvalue weighted by atomic mass is 9.84. The fourth-order valence-electron chi connectivity index (χ4n) is 1.34. The summed E-state index contributed by atoms with van der Waals surface area (Å²) in [6, 6.07) is 0. The van der Waals surface area contributed by atoms with Crippen molar-refractivity contribution in [2.45, 2.75) is 33.6 Å². The maximum Gasteiger partial charge on any atom is 0.255 e. The summed E-state index contributed by atoms with van der Waals surface area (Å²) in [7, 11) is 0. The van der Waals surface area contributed by atoms with Gasteiger partial charge in [0.1, 0.15) is 0 Å². The van der Waals surface area contributed by atoms with Crippen molar-refractivity contribution in [1.82, 2.24) is 5.32 Å². The van der Waals surface area contributed by atoms with Gasteiger partial charge in [-0.3, -0.25) is 4.79 Å². The van der Waals surface area contributed by atoms with E-state index in [1.165, 1.54) is 0 Å². The van der Waals surface area contributed by atoms with E-state index in [2.05, 4.69) is 5.32 Å². The molecular weight excluding hydrogens is 202 g/mol. The Bertz CT molecular complexity index is 202. The molecule has 0 spiro atoms. The summed E-state index contributed by atoms with van der Waals surface area (Å²) in [4.78, 5) is 11.4. The van der Waals surface area contributed by atoms with Crippen molar-refractivity contribution in [3.63, 3.8) is 0 Å². The van der Waals surface area contributed by atoms with Crippen LogP contribution in [0.2, 0.25) is 0 Å². The first-order valence-corrected chi connectivity index (χ1v) is 5.02. The first kappa shape index (κ1) is 14.3. The van der Waals surface area contributed by atoms with E-state index < -0.39 is 13.0 Å². The van der Waals surface area contributed by atoms with Gasteiger partial charge in [0.2, 0.25) is 5.91 Å². The third kappa shape index (κ3) is 7.25. The van der Waals surface area contributed by atoms with E-state index in [-0.39, 0.29) is 23.8 Å². The van der Waals surface area contributed by atoms with E-state index in [0.29, 0.717) is 6.42 Å². The van der Waals surface area contributed by atoms with E-state index in [1.54, 1.807) is 0 Å². The third-order valence-corrected chi connectivity index (χ3v) is 1.94. The predicted molar refractivity (Wildman–Crippen MR) is 55.6 cm³/mol. The smallest absolute Gasteiger partial charge is 0.255 e. The summed E-state index contributed by atoms with van der Waals surface area (Å²) in [5.74, 6) is -0.767. The van der Waals surface area contributed by atoms with Gasteiger partial charge in [-0.05, 0) is 11.8 Å². The minimum Gasteiger partial charge on any atom is -0.350 e. The molecule has 0 saturated carbocycles. The zero-order chi connectivity index (χ0) is 12.1. The van der Waals surface area contributed by atoms with Crippen LogP contribution in [0.3, 0.4) is 0 Å². The van der Waals surface area contributed by atoms with Crippen LogP contribution in [0.15, 0.2) is 0 Å². The normalized spacial score (nSPS) is 14.1. The van der Waals surface area contributed by atoms with Crippen molar-refractivity contribution < 1.29 is 13.6 Å². The molecule has 1 unspecified atom stereocenters. The number of carbonyl (C=O) groups is 1. The molecule has 0 aliphatic heterocycles. The van der Waals surface area contributed by atoms with Gasteiger partial charge in [0.05, 0.1) is 12.5 Å². The highest BCUT2D eigenvalue weighted by molar-refractivity contribution is 5.78. The van der Waals surface area contributed by atoms with Crippen molar-refractivity contribution in [3.8, 4) is 0 Å². The molecule has 3 nitrogen and oxygen atoms in total. The Morgan fingerprint density at radius 3 is 2.27 bits per heavy atom. The van der Waals surface area contributed by atoms with Gasteiger partial charge in [0.15, 0.2) is 0 Å². The lowest BCUT2D eigenvalue weighted by molar-refractivity contribution is -0.126. The Hall–Kier alpha value is -0.710. The second-order valence-corrected chi connectivity index (χ2v) is 4.83. The average Bonchev–Trinajstić information content (AvgIpc) is 2.08. The molecular formula is C10H20F2N2O. The number of alkyl halides is 2. The van der Waals surface area contributed by atoms with Crippen molar-refractivity contribution in [1.29, 1.82) is 0 Å². The molecule has 1 amide bonds. The Labute approximate surface area is 89.4 Å². The lowest BCUT2D eigenvalue weighted by Gasteiger charge is -2.24. The summed E-state index contributed by atoms with van der Waals surface area (Å²) in [5, 5.41) is 2.19. The van der Waals surface area contributed by atoms with Crippen molar-refractivity contribution >= 4 is 5.91 Å². The molecule has 1 atom stereocenters. The molecule has 15 heavy (non-hydrogen) atoms. The zero-order valence-corrected chi connectivity index (χ0v) is 9.52. The molecule has 90 valence electrons. The van der Waals surface area contributed by atoms with E-state index in [1.807, 2.05) is 20.8 Å². The highest BCUT2D eigenvalue weighted by Crippen LogP contribution is 2.23. The van der Waals surface area contributed by atoms with Crippen LogP contribution in [0.5, 0.6) is 0 Å². The SMILES string of the molecule is CC(C)(C)CC(CN)C(=O)NCC(F)F. The van der Waals surface area contributed by atoms with Crippen LogP contribution in [0.4, 0.5) is 8.78 Å². The van der Waals surface area contributed by atoms with Crippen LogP contribution in [0.1, 0.15) is 27.2 Å². The highest BCUT2D eigenvalue weighted by atomic mass is 19.3. The standard InChI is InChI=1S/C10H20F2N2O/c1-10(2,3)4-7(5-13)9(15)14-6-8(11)12/h7-8H,4-6,13H2,1-3H3,(H,14,15). The molecule has 5 heteroatoms. The summed E-state index contributed by atoms with van der Waals surface area (Å²) in [6.07, 6.45) is -1.92. The van der Waals surface area contributed by atoms with E-state index in [0.717, 1.165) is 0 Å². The number of amides is 1. The second kappa shape index (κ2) is 6.00. The minimum atomic E-state index is -2.51. The van der Waals surface area contributed by atoms with Crippen LogP contribution >= 0.6 is 0 Å². The summed E-state index contributed by atoms with van der Waals surface area (Å²) in [5.41, 5.74) is 5.40. The largest absolute Gasteiger partial charge is 0.350 e. The number of rotatable bonds is 5. The van der Waals surface area contributed by atoms with Gasteiger partial charge in [-0.25, -0.2) is 8.78 Å². The molecule has 3 N–H and O–H groups in total. The lowest BCUT2D eigenvalue weighted by Crippen LogP contribution is -2.39. The van der Waals surface area contributed by atoms with Crippen LogP contribution < -0.4 is 11.1 Å². The molecule has 0 aliphatic carbocycles. The van der Waals surface area contributed by atoms with Crippen LogP contribution in [0.25, 0.3) is 0 Å². The molecule has 0 fully saturated rings. The van der Waals surface area contributed by atoms with Gasteiger partial charge in [0, 0.05) is 6.54 Å². The summed E-state index contributed by atoms with van der Waals surface area (Å²) >= 11 is 0. The van der Waals surface area contributed by atoms with E-state index >= 15 is 0 Å². The molecule has 0 radical (unpaired) electrons. The first-order chi connectivity index (χ1) is 6.76. The molecule has 0 heterocycles. The van der Waals surface area contributed by atoms with E-state index in [4.69, 9.17) is 5.73 Å². The average molecular weight is 222 g/mol. The predicted octanol–water partition coefficient (Wildman–Crippen LogP) is 1.38. The van der Waals surface area contributed by atoms with Crippen LogP contribution in [0, 0.1) is 11.3 Å². The number of hydrogen-bond acceptors (Lipinski definition) is 2. The number of halogens is 2. The van der Waals surface area contributed by atoms with Gasteiger partial charge in [-0.2, -0.15) is 0 Å². The van der Waals surface area contributed by atoms with E-state index in [9.17, 15) is 13.6 Å². The maximum atomic E-state index is 11.9. The number of hydrogen-bond donors (Lipinski definition) is 2. The fraction of sp³-hybridized carbons (Fsp3) is 0.900. The van der Waals surface area contributed by atoms with Crippen molar-refractivity contribution in [2.24, 2.45) is 17.1 Å². The number of nitrogens with two attached hydrogens (primary N) is 1. The Balaban J connectivity index is 4.11. The van der Waals surface area contributed by atoms with Gasteiger partial charge in [0.25, 0.3) is 6.43 Å². The molecule has 0 aliphatic rings. The number of carbonyl (C=O) groups excluding carboxylic acids is 1. The molecule has 0 saturated heterocycles. The summed E-state index contributed by atoms with van der Waals surface area (Å²) < 4.78 is 23.7. The Morgan fingerprint density at radius 1 is 1.40 bits per heavy atom. The highest BCUT2D eigenvalue weighted by Gasteiger charge is 2.23. The summed E-state index contributed by atoms with van der Waals surface area (Å²) in [6.45, 7) is 5.54. The fourth-order valence-corrected chi connectivity index (χ4v) is 1.34. The first-order valence-electron chi connectivity index (χ1n) is 5.02. The Kier molecular flexibility index (Phi) is 5.72. The second-order valence-electron chi connectivity index (χ2n) is 4.83. The van der Waals surface area contributed by atoms with Gasteiger partial charge in [-0.15, -0.1) is 0 Å². The molecule has 0 aromatic rings. The molecule has 0 bridgehead atoms. The molecule has 0 rings (SSSR count). The van der Waals surface area contributed by atoms with Crippen molar-refractivity contribution in [2.75, 3.05) is 13.1 Å². The number of nitrogens with one attached hydrogen (secondary N) is 1. The zero-order valence-electron chi connectivity index (χ0n) is 9.52. The van der Waals surface area contributed by atoms with Crippen LogP contribution in [-0.4, -0.2) is 25.4 Å². The molecule has 0 aromatic heterocycles. The maximum absolute atomic E-state index is 11.9. The van der Waals surface area contributed by atoms with Gasteiger partial charge < -0.3 is 11.1 Å². The van der Waals surface area contributed by atoms with Gasteiger partial charge in [-0.1, -0.05) is 20.8 Å². The topological polar surface area (TPSA) is 55.1 Å². The van der Waals surface area contributed by atoms with Gasteiger partial charge >= 0.3 is 0 Å².